The minimum absolute atomic E-state index is 0.476. The highest BCUT2D eigenvalue weighted by Crippen LogP contribution is 2.60. The van der Waals surface area contributed by atoms with Crippen LogP contribution in [0.25, 0.3) is 0 Å². The van der Waals surface area contributed by atoms with E-state index in [-0.39, 0.29) is 0 Å². The number of nitrogens with zero attached hydrogens (tertiary/aromatic N) is 1. The van der Waals surface area contributed by atoms with Crippen molar-refractivity contribution in [1.82, 2.24) is 4.98 Å². The smallest absolute Gasteiger partial charge is 0.0797 e. The van der Waals surface area contributed by atoms with Crippen molar-refractivity contribution in [2.75, 3.05) is 6.54 Å². The molecule has 2 atom stereocenters. The summed E-state index contributed by atoms with van der Waals surface area (Å²) in [6, 6.07) is 0. The molecule has 88 valence electrons. The molecule has 2 N–H and O–H groups in total. The van der Waals surface area contributed by atoms with Gasteiger partial charge in [0.15, 0.2) is 0 Å². The molecule has 0 aromatic carbocycles. The molecule has 0 saturated heterocycles. The highest BCUT2D eigenvalue weighted by atomic mass is 32.1. The Kier molecular flexibility index (Phi) is 2.55. The van der Waals surface area contributed by atoms with Gasteiger partial charge in [-0.25, -0.2) is 4.98 Å². The van der Waals surface area contributed by atoms with Crippen molar-refractivity contribution in [1.29, 1.82) is 0 Å². The van der Waals surface area contributed by atoms with Crippen LogP contribution in [0.1, 0.15) is 36.3 Å². The minimum atomic E-state index is 0.476. The fraction of sp³-hybridized carbons (Fsp3) is 0.769. The predicted octanol–water partition coefficient (Wildman–Crippen LogP) is 2.76. The van der Waals surface area contributed by atoms with Gasteiger partial charge in [0.1, 0.15) is 0 Å². The molecule has 3 heteroatoms. The quantitative estimate of drug-likeness (QED) is 0.873. The van der Waals surface area contributed by atoms with Crippen LogP contribution in [0.5, 0.6) is 0 Å². The summed E-state index contributed by atoms with van der Waals surface area (Å²) in [7, 11) is 0. The van der Waals surface area contributed by atoms with Crippen LogP contribution in [0, 0.1) is 24.2 Å². The Balaban J connectivity index is 1.63. The molecule has 2 aliphatic rings. The molecule has 2 aliphatic carbocycles. The summed E-state index contributed by atoms with van der Waals surface area (Å²) in [5.74, 6) is 2.07. The zero-order valence-electron chi connectivity index (χ0n) is 9.91. The van der Waals surface area contributed by atoms with Gasteiger partial charge in [0.2, 0.25) is 0 Å². The number of thiazole rings is 1. The number of aryl methyl sites for hydroxylation is 2. The molecule has 0 amide bonds. The van der Waals surface area contributed by atoms with Gasteiger partial charge in [-0.15, -0.1) is 11.3 Å². The molecule has 0 aliphatic heterocycles. The van der Waals surface area contributed by atoms with Crippen LogP contribution in [-0.2, 0) is 6.42 Å². The monoisotopic (exact) mass is 236 g/mol. The maximum atomic E-state index is 6.02. The van der Waals surface area contributed by atoms with E-state index in [0.717, 1.165) is 18.4 Å². The van der Waals surface area contributed by atoms with E-state index in [0.29, 0.717) is 5.41 Å². The SMILES string of the molecule is Cc1ncsc1CCC1(CN)CC2CC2C1. The average molecular weight is 236 g/mol. The second-order valence-corrected chi connectivity index (χ2v) is 6.67. The van der Waals surface area contributed by atoms with Gasteiger partial charge in [-0.05, 0) is 62.8 Å². The van der Waals surface area contributed by atoms with Crippen molar-refractivity contribution >= 4 is 11.3 Å². The van der Waals surface area contributed by atoms with Crippen LogP contribution in [0.4, 0.5) is 0 Å². The molecule has 2 fully saturated rings. The van der Waals surface area contributed by atoms with Gasteiger partial charge in [0.05, 0.1) is 11.2 Å². The standard InChI is InChI=1S/C13H20N2S/c1-9-12(16-8-15-9)2-3-13(7-14)5-10-4-11(10)6-13/h8,10-11H,2-7,14H2,1H3. The molecule has 16 heavy (non-hydrogen) atoms. The Morgan fingerprint density at radius 3 is 2.81 bits per heavy atom. The molecule has 0 spiro atoms. The normalized spacial score (nSPS) is 36.4. The fourth-order valence-corrected chi connectivity index (χ4v) is 4.20. The van der Waals surface area contributed by atoms with Crippen LogP contribution in [-0.4, -0.2) is 11.5 Å². The van der Waals surface area contributed by atoms with Crippen molar-refractivity contribution in [3.8, 4) is 0 Å². The molecule has 1 aromatic rings. The summed E-state index contributed by atoms with van der Waals surface area (Å²) in [5, 5.41) is 0. The van der Waals surface area contributed by atoms with Crippen LogP contribution >= 0.6 is 11.3 Å². The largest absolute Gasteiger partial charge is 0.330 e. The Hall–Kier alpha value is -0.410. The number of fused-ring (bicyclic) bond motifs is 1. The Bertz CT molecular complexity index is 375. The Labute approximate surface area is 101 Å². The summed E-state index contributed by atoms with van der Waals surface area (Å²) in [6.45, 7) is 3.00. The molecule has 0 bridgehead atoms. The highest BCUT2D eigenvalue weighted by Gasteiger charge is 2.52. The summed E-state index contributed by atoms with van der Waals surface area (Å²) in [6.07, 6.45) is 6.74. The van der Waals surface area contributed by atoms with E-state index < -0.39 is 0 Å². The summed E-state index contributed by atoms with van der Waals surface area (Å²) >= 11 is 1.80. The van der Waals surface area contributed by atoms with Crippen molar-refractivity contribution in [3.05, 3.63) is 16.1 Å². The number of aromatic nitrogens is 1. The third kappa shape index (κ3) is 1.80. The van der Waals surface area contributed by atoms with Gasteiger partial charge in [0, 0.05) is 4.88 Å². The minimum Gasteiger partial charge on any atom is -0.330 e. The van der Waals surface area contributed by atoms with Gasteiger partial charge < -0.3 is 5.73 Å². The third-order valence-electron chi connectivity index (χ3n) is 4.62. The second kappa shape index (κ2) is 3.81. The van der Waals surface area contributed by atoms with E-state index in [1.807, 2.05) is 5.51 Å². The van der Waals surface area contributed by atoms with Crippen LogP contribution in [0.3, 0.4) is 0 Å². The lowest BCUT2D eigenvalue weighted by Crippen LogP contribution is -2.29. The predicted molar refractivity (Wildman–Crippen MR) is 67.5 cm³/mol. The first-order valence-electron chi connectivity index (χ1n) is 6.31. The van der Waals surface area contributed by atoms with E-state index in [4.69, 9.17) is 5.73 Å². The molecule has 2 unspecified atom stereocenters. The number of nitrogens with two attached hydrogens (primary N) is 1. The molecule has 2 nitrogen and oxygen atoms in total. The van der Waals surface area contributed by atoms with E-state index in [1.165, 1.54) is 42.7 Å². The fourth-order valence-electron chi connectivity index (χ4n) is 3.42. The first-order valence-corrected chi connectivity index (χ1v) is 7.19. The Morgan fingerprint density at radius 2 is 2.25 bits per heavy atom. The molecular formula is C13H20N2S. The zero-order chi connectivity index (χ0) is 11.2. The van der Waals surface area contributed by atoms with E-state index in [2.05, 4.69) is 11.9 Å². The number of hydrogen-bond donors (Lipinski definition) is 1. The maximum Gasteiger partial charge on any atom is 0.0797 e. The second-order valence-electron chi connectivity index (χ2n) is 5.73. The Morgan fingerprint density at radius 1 is 1.50 bits per heavy atom. The summed E-state index contributed by atoms with van der Waals surface area (Å²) in [5.41, 5.74) is 9.68. The lowest BCUT2D eigenvalue weighted by atomic mass is 9.78. The van der Waals surface area contributed by atoms with Crippen LogP contribution in [0.15, 0.2) is 5.51 Å². The van der Waals surface area contributed by atoms with Gasteiger partial charge in [0.25, 0.3) is 0 Å². The maximum absolute atomic E-state index is 6.02. The lowest BCUT2D eigenvalue weighted by molar-refractivity contribution is 0.253. The van der Waals surface area contributed by atoms with Crippen LogP contribution < -0.4 is 5.73 Å². The number of hydrogen-bond acceptors (Lipinski definition) is 3. The number of rotatable bonds is 4. The topological polar surface area (TPSA) is 38.9 Å². The van der Waals surface area contributed by atoms with Crippen LogP contribution in [0.2, 0.25) is 0 Å². The van der Waals surface area contributed by atoms with Gasteiger partial charge >= 0.3 is 0 Å². The first-order chi connectivity index (χ1) is 7.72. The van der Waals surface area contributed by atoms with E-state index in [9.17, 15) is 0 Å². The summed E-state index contributed by atoms with van der Waals surface area (Å²) < 4.78 is 0. The molecule has 1 aromatic heterocycles. The van der Waals surface area contributed by atoms with Gasteiger partial charge in [-0.2, -0.15) is 0 Å². The molecule has 0 radical (unpaired) electrons. The third-order valence-corrected chi connectivity index (χ3v) is 5.61. The van der Waals surface area contributed by atoms with Gasteiger partial charge in [-0.3, -0.25) is 0 Å². The summed E-state index contributed by atoms with van der Waals surface area (Å²) in [4.78, 5) is 5.79. The first kappa shape index (κ1) is 10.7. The average Bonchev–Trinajstić information content (AvgIpc) is 2.74. The lowest BCUT2D eigenvalue weighted by Gasteiger charge is -2.29. The highest BCUT2D eigenvalue weighted by molar-refractivity contribution is 7.09. The van der Waals surface area contributed by atoms with Crippen molar-refractivity contribution < 1.29 is 0 Å². The van der Waals surface area contributed by atoms with Crippen molar-refractivity contribution in [2.24, 2.45) is 23.0 Å². The molecule has 3 rings (SSSR count). The van der Waals surface area contributed by atoms with E-state index >= 15 is 0 Å². The van der Waals surface area contributed by atoms with Crippen molar-refractivity contribution in [2.45, 2.75) is 39.0 Å². The zero-order valence-corrected chi connectivity index (χ0v) is 10.7. The van der Waals surface area contributed by atoms with Crippen molar-refractivity contribution in [3.63, 3.8) is 0 Å². The van der Waals surface area contributed by atoms with E-state index in [1.54, 1.807) is 11.3 Å². The molecule has 2 saturated carbocycles. The molecular weight excluding hydrogens is 216 g/mol. The van der Waals surface area contributed by atoms with Gasteiger partial charge in [-0.1, -0.05) is 0 Å². The molecule has 1 heterocycles.